The Bertz CT molecular complexity index is 1110. The highest BCUT2D eigenvalue weighted by Gasteiger charge is 2.75. The fourth-order valence-electron chi connectivity index (χ4n) is 4.79. The van der Waals surface area contributed by atoms with Gasteiger partial charge in [0.15, 0.2) is 9.74 Å². The Hall–Kier alpha value is -1.76. The molecule has 6 nitrogen and oxygen atoms in total. The number of aromatic nitrogens is 1. The number of benzene rings is 1. The molecule has 1 aromatic carbocycles. The average Bonchev–Trinajstić information content (AvgIpc) is 3.16. The standard InChI is InChI=1S/C19H18N4O2S3/c1-17(10-20)9-19-16(25)21(3)18(2,27-28-19)15(24)23(19)14(17)12-8-22(26)13-7-5-4-6-11(12)13/h4-8,14,26H,9H2,1-3H3/t14?,17-,18?,19?/m1/s1. The Morgan fingerprint density at radius 2 is 1.93 bits per heavy atom. The first-order chi connectivity index (χ1) is 13.2. The van der Waals surface area contributed by atoms with Crippen LogP contribution in [0.4, 0.5) is 0 Å². The molecule has 0 N–H and O–H groups in total. The summed E-state index contributed by atoms with van der Waals surface area (Å²) in [5.74, 6) is -0.213. The number of amides is 2. The van der Waals surface area contributed by atoms with Gasteiger partial charge in [0.25, 0.3) is 11.8 Å². The first-order valence-electron chi connectivity index (χ1n) is 8.89. The van der Waals surface area contributed by atoms with E-state index in [0.29, 0.717) is 6.42 Å². The number of para-hydroxylation sites is 1. The molecule has 2 amide bonds. The molecule has 4 aliphatic rings. The van der Waals surface area contributed by atoms with E-state index in [1.54, 1.807) is 27.7 Å². The van der Waals surface area contributed by atoms with Gasteiger partial charge < -0.3 is 9.80 Å². The maximum absolute atomic E-state index is 13.6. The van der Waals surface area contributed by atoms with Crippen molar-refractivity contribution in [3.05, 3.63) is 36.0 Å². The van der Waals surface area contributed by atoms with Crippen LogP contribution in [-0.2, 0) is 9.59 Å². The fourth-order valence-corrected chi connectivity index (χ4v) is 8.67. The average molecular weight is 431 g/mol. The van der Waals surface area contributed by atoms with Gasteiger partial charge in [0.1, 0.15) is 0 Å². The third-order valence-electron chi connectivity index (χ3n) is 6.37. The Balaban J connectivity index is 1.80. The molecule has 1 aromatic heterocycles. The Kier molecular flexibility index (Phi) is 3.55. The van der Waals surface area contributed by atoms with Gasteiger partial charge in [-0.1, -0.05) is 52.6 Å². The number of nitrogens with zero attached hydrogens (tertiary/aromatic N) is 4. The van der Waals surface area contributed by atoms with Crippen LogP contribution in [0, 0.1) is 16.7 Å². The van der Waals surface area contributed by atoms with Crippen molar-refractivity contribution in [2.45, 2.75) is 36.1 Å². The Morgan fingerprint density at radius 3 is 2.64 bits per heavy atom. The van der Waals surface area contributed by atoms with Crippen molar-refractivity contribution < 1.29 is 9.59 Å². The largest absolute Gasteiger partial charge is 0.319 e. The zero-order valence-corrected chi connectivity index (χ0v) is 18.1. The summed E-state index contributed by atoms with van der Waals surface area (Å²) in [6.45, 7) is 3.64. The van der Waals surface area contributed by atoms with Crippen LogP contribution in [0.15, 0.2) is 30.5 Å². The lowest BCUT2D eigenvalue weighted by molar-refractivity contribution is -0.164. The quantitative estimate of drug-likeness (QED) is 0.555. The van der Waals surface area contributed by atoms with Crippen molar-refractivity contribution in [2.75, 3.05) is 7.05 Å². The van der Waals surface area contributed by atoms with Crippen LogP contribution in [0.1, 0.15) is 31.9 Å². The molecule has 28 heavy (non-hydrogen) atoms. The van der Waals surface area contributed by atoms with Crippen molar-refractivity contribution in [2.24, 2.45) is 5.41 Å². The van der Waals surface area contributed by atoms with Crippen molar-refractivity contribution in [1.29, 1.82) is 5.26 Å². The first-order valence-corrected chi connectivity index (χ1v) is 11.4. The molecule has 4 aliphatic heterocycles. The summed E-state index contributed by atoms with van der Waals surface area (Å²) in [6, 6.07) is 9.72. The minimum Gasteiger partial charge on any atom is -0.319 e. The number of thiol groups is 1. The van der Waals surface area contributed by atoms with Gasteiger partial charge in [-0.15, -0.1) is 0 Å². The molecule has 9 heteroatoms. The highest BCUT2D eigenvalue weighted by atomic mass is 33.1. The smallest absolute Gasteiger partial charge is 0.261 e. The normalized spacial score (nSPS) is 36.9. The van der Waals surface area contributed by atoms with Gasteiger partial charge in [-0.3, -0.25) is 13.6 Å². The molecule has 5 heterocycles. The van der Waals surface area contributed by atoms with E-state index < -0.39 is 21.2 Å². The van der Waals surface area contributed by atoms with Gasteiger partial charge in [0.05, 0.1) is 23.0 Å². The number of piperazine rings is 1. The zero-order valence-electron chi connectivity index (χ0n) is 15.5. The summed E-state index contributed by atoms with van der Waals surface area (Å²) >= 11 is 4.54. The molecule has 0 aliphatic carbocycles. The van der Waals surface area contributed by atoms with Gasteiger partial charge in [0.2, 0.25) is 0 Å². The summed E-state index contributed by atoms with van der Waals surface area (Å²) in [5.41, 5.74) is 0.873. The number of rotatable bonds is 1. The lowest BCUT2D eigenvalue weighted by atomic mass is 9.79. The Morgan fingerprint density at radius 1 is 1.21 bits per heavy atom. The zero-order chi connectivity index (χ0) is 20.1. The number of hydrogen-bond donors (Lipinski definition) is 1. The van der Waals surface area contributed by atoms with Crippen LogP contribution in [-0.4, -0.2) is 42.4 Å². The summed E-state index contributed by atoms with van der Waals surface area (Å²) in [6.07, 6.45) is 2.17. The summed E-state index contributed by atoms with van der Waals surface area (Å²) in [7, 11) is 4.53. The summed E-state index contributed by atoms with van der Waals surface area (Å²) in [4.78, 5) is 28.2. The van der Waals surface area contributed by atoms with E-state index in [-0.39, 0.29) is 11.8 Å². The van der Waals surface area contributed by atoms with Gasteiger partial charge in [-0.25, -0.2) is 0 Å². The highest BCUT2D eigenvalue weighted by Crippen LogP contribution is 2.69. The molecule has 2 aromatic rings. The number of carbonyl (C=O) groups is 2. The molecule has 144 valence electrons. The molecule has 4 atom stereocenters. The minimum atomic E-state index is -1.05. The molecule has 3 unspecified atom stereocenters. The van der Waals surface area contributed by atoms with E-state index in [2.05, 4.69) is 18.9 Å². The van der Waals surface area contributed by atoms with Crippen molar-refractivity contribution in [1.82, 2.24) is 13.8 Å². The van der Waals surface area contributed by atoms with E-state index in [4.69, 9.17) is 0 Å². The van der Waals surface area contributed by atoms with Crippen LogP contribution in [0.25, 0.3) is 10.9 Å². The Labute approximate surface area is 176 Å². The number of likely N-dealkylation sites (N-methyl/N-ethyl adjacent to an activating group) is 1. The number of hydrogen-bond acceptors (Lipinski definition) is 6. The first kappa shape index (κ1) is 18.3. The minimum absolute atomic E-state index is 0.100. The predicted molar refractivity (Wildman–Crippen MR) is 113 cm³/mol. The van der Waals surface area contributed by atoms with Crippen LogP contribution in [0.2, 0.25) is 0 Å². The fraction of sp³-hybridized carbons (Fsp3) is 0.421. The van der Waals surface area contributed by atoms with E-state index >= 15 is 0 Å². The molecule has 4 saturated heterocycles. The third kappa shape index (κ3) is 1.89. The van der Waals surface area contributed by atoms with E-state index in [1.807, 2.05) is 37.4 Å². The SMILES string of the molecule is CN1C(=O)C23C[C@](C)(C#N)C(c4cn(S)c5ccccc45)N2C(=O)C1(C)SS3. The van der Waals surface area contributed by atoms with Crippen LogP contribution in [0.5, 0.6) is 0 Å². The molecule has 0 radical (unpaired) electrons. The second-order valence-electron chi connectivity index (χ2n) is 8.03. The monoisotopic (exact) mass is 430 g/mol. The van der Waals surface area contributed by atoms with Crippen LogP contribution < -0.4 is 0 Å². The number of fused-ring (bicyclic) bond motifs is 3. The lowest BCUT2D eigenvalue weighted by Crippen LogP contribution is -2.73. The van der Waals surface area contributed by atoms with Crippen molar-refractivity contribution in [3.63, 3.8) is 0 Å². The molecule has 2 bridgehead atoms. The molecular weight excluding hydrogens is 412 g/mol. The molecule has 1 spiro atoms. The topological polar surface area (TPSA) is 69.3 Å². The molecule has 6 rings (SSSR count). The van der Waals surface area contributed by atoms with Gasteiger partial charge in [0, 0.05) is 30.6 Å². The van der Waals surface area contributed by atoms with Gasteiger partial charge in [-0.05, 0) is 19.9 Å². The third-order valence-corrected chi connectivity index (χ3v) is 10.4. The molecule has 0 saturated carbocycles. The van der Waals surface area contributed by atoms with Crippen molar-refractivity contribution in [3.8, 4) is 6.07 Å². The molecular formula is C19H18N4O2S3. The molecule has 4 fully saturated rings. The van der Waals surface area contributed by atoms with Gasteiger partial charge >= 0.3 is 0 Å². The lowest BCUT2D eigenvalue weighted by Gasteiger charge is -2.57. The van der Waals surface area contributed by atoms with Gasteiger partial charge in [-0.2, -0.15) is 5.26 Å². The van der Waals surface area contributed by atoms with Crippen molar-refractivity contribution >= 4 is 57.1 Å². The van der Waals surface area contributed by atoms with E-state index in [1.165, 1.54) is 21.6 Å². The maximum atomic E-state index is 13.6. The predicted octanol–water partition coefficient (Wildman–Crippen LogP) is 3.42. The maximum Gasteiger partial charge on any atom is 0.261 e. The van der Waals surface area contributed by atoms with E-state index in [9.17, 15) is 14.9 Å². The second kappa shape index (κ2) is 5.43. The highest BCUT2D eigenvalue weighted by molar-refractivity contribution is 8.78. The van der Waals surface area contributed by atoms with Crippen LogP contribution >= 0.6 is 34.4 Å². The number of carbonyl (C=O) groups excluding carboxylic acids is 2. The summed E-state index contributed by atoms with van der Waals surface area (Å²) in [5, 5.41) is 11.1. The van der Waals surface area contributed by atoms with E-state index in [0.717, 1.165) is 16.5 Å². The number of nitriles is 1. The summed E-state index contributed by atoms with van der Waals surface area (Å²) < 4.78 is 1.72. The second-order valence-corrected chi connectivity index (χ2v) is 11.3. The van der Waals surface area contributed by atoms with Crippen LogP contribution in [0.3, 0.4) is 0 Å².